The molecule has 2 aromatic carbocycles. The first-order valence-electron chi connectivity index (χ1n) is 11.0. The van der Waals surface area contributed by atoms with Crippen LogP contribution in [0.1, 0.15) is 25.0 Å². The Balaban J connectivity index is 1.66. The fourth-order valence-electron chi connectivity index (χ4n) is 3.82. The highest BCUT2D eigenvalue weighted by atomic mass is 32.2. The van der Waals surface area contributed by atoms with Crippen molar-refractivity contribution >= 4 is 34.4 Å². The van der Waals surface area contributed by atoms with Crippen molar-refractivity contribution in [3.8, 4) is 0 Å². The van der Waals surface area contributed by atoms with Crippen molar-refractivity contribution in [1.82, 2.24) is 20.6 Å². The Kier molecular flexibility index (Phi) is 6.46. The molecular formula is C25H32N6S. The lowest BCUT2D eigenvalue weighted by atomic mass is 10.1. The normalized spacial score (nSPS) is 13.9. The molecule has 1 aliphatic heterocycles. The topological polar surface area (TPSA) is 65.1 Å². The minimum absolute atomic E-state index is 0.209. The van der Waals surface area contributed by atoms with Gasteiger partial charge >= 0.3 is 0 Å². The zero-order chi connectivity index (χ0) is 22.7. The van der Waals surface area contributed by atoms with E-state index in [0.29, 0.717) is 6.54 Å². The van der Waals surface area contributed by atoms with Crippen LogP contribution in [0, 0.1) is 6.92 Å². The average Bonchev–Trinajstić information content (AvgIpc) is 2.99. The maximum atomic E-state index is 5.01. The third-order valence-corrected chi connectivity index (χ3v) is 6.66. The minimum Gasteiger partial charge on any atom is -0.375 e. The maximum absolute atomic E-state index is 5.01. The maximum Gasteiger partial charge on any atom is 0.228 e. The Morgan fingerprint density at radius 2 is 2.00 bits per heavy atom. The number of aryl methyl sites for hydroxylation is 1. The monoisotopic (exact) mass is 448 g/mol. The highest BCUT2D eigenvalue weighted by molar-refractivity contribution is 7.99. The number of aromatic nitrogens is 2. The fourth-order valence-corrected chi connectivity index (χ4v) is 4.85. The highest BCUT2D eigenvalue weighted by Gasteiger charge is 2.21. The first kappa shape index (κ1) is 22.3. The number of thioether (sulfide) groups is 1. The molecule has 3 N–H and O–H groups in total. The quantitative estimate of drug-likeness (QED) is 0.491. The second-order valence-electron chi connectivity index (χ2n) is 8.86. The molecule has 32 heavy (non-hydrogen) atoms. The van der Waals surface area contributed by atoms with Gasteiger partial charge in [0.25, 0.3) is 0 Å². The van der Waals surface area contributed by atoms with Gasteiger partial charge in [-0.15, -0.1) is 11.8 Å². The van der Waals surface area contributed by atoms with Gasteiger partial charge in [-0.1, -0.05) is 36.4 Å². The second kappa shape index (κ2) is 9.28. The van der Waals surface area contributed by atoms with Crippen LogP contribution in [0.5, 0.6) is 0 Å². The van der Waals surface area contributed by atoms with Crippen LogP contribution >= 0.6 is 11.8 Å². The molecule has 1 aliphatic rings. The molecule has 0 radical (unpaired) electrons. The van der Waals surface area contributed by atoms with Crippen LogP contribution in [0.2, 0.25) is 0 Å². The standard InChI is InChI=1S/C25H32N6S/c1-17-10-11-21-20(14-17)23(27-16-25(3,4)30-18(2)26-5)29-24(28-21)31-12-13-32-22-9-7-6-8-19(22)15-31/h6-11,14,26,30H,2,12-13,15-16H2,1,3-5H3,(H,27,28,29). The van der Waals surface area contributed by atoms with Gasteiger partial charge in [0.05, 0.1) is 16.9 Å². The highest BCUT2D eigenvalue weighted by Crippen LogP contribution is 2.31. The summed E-state index contributed by atoms with van der Waals surface area (Å²) < 4.78 is 0. The molecule has 1 aromatic heterocycles. The van der Waals surface area contributed by atoms with Crippen molar-refractivity contribution < 1.29 is 0 Å². The predicted molar refractivity (Wildman–Crippen MR) is 136 cm³/mol. The van der Waals surface area contributed by atoms with Crippen molar-refractivity contribution in [2.24, 2.45) is 0 Å². The van der Waals surface area contributed by atoms with Gasteiger partial charge in [-0.05, 0) is 44.5 Å². The third kappa shape index (κ3) is 5.10. The summed E-state index contributed by atoms with van der Waals surface area (Å²) in [6.45, 7) is 12.8. The number of hydrogen-bond donors (Lipinski definition) is 3. The molecule has 0 saturated heterocycles. The fraction of sp³-hybridized carbons (Fsp3) is 0.360. The van der Waals surface area contributed by atoms with Crippen molar-refractivity contribution in [3.05, 3.63) is 66.0 Å². The molecule has 2 heterocycles. The van der Waals surface area contributed by atoms with E-state index < -0.39 is 0 Å². The summed E-state index contributed by atoms with van der Waals surface area (Å²) in [5, 5.41) is 11.1. The van der Waals surface area contributed by atoms with E-state index >= 15 is 0 Å². The van der Waals surface area contributed by atoms with Gasteiger partial charge in [-0.2, -0.15) is 4.98 Å². The van der Waals surface area contributed by atoms with Crippen LogP contribution in [0.15, 0.2) is 59.8 Å². The van der Waals surface area contributed by atoms with Gasteiger partial charge in [-0.3, -0.25) is 0 Å². The Labute approximate surface area is 194 Å². The van der Waals surface area contributed by atoms with E-state index in [4.69, 9.17) is 9.97 Å². The van der Waals surface area contributed by atoms with Gasteiger partial charge in [0.15, 0.2) is 0 Å². The van der Waals surface area contributed by atoms with Crippen molar-refractivity contribution in [2.45, 2.75) is 37.8 Å². The van der Waals surface area contributed by atoms with E-state index in [0.717, 1.165) is 47.3 Å². The number of rotatable bonds is 7. The largest absolute Gasteiger partial charge is 0.375 e. The molecule has 6 nitrogen and oxygen atoms in total. The molecule has 7 heteroatoms. The molecule has 0 unspecified atom stereocenters. The summed E-state index contributed by atoms with van der Waals surface area (Å²) in [7, 11) is 1.86. The van der Waals surface area contributed by atoms with E-state index in [1.54, 1.807) is 0 Å². The Morgan fingerprint density at radius 1 is 1.19 bits per heavy atom. The van der Waals surface area contributed by atoms with Gasteiger partial charge < -0.3 is 20.9 Å². The lowest BCUT2D eigenvalue weighted by Gasteiger charge is -2.29. The molecule has 0 saturated carbocycles. The second-order valence-corrected chi connectivity index (χ2v) is 10.00. The molecule has 0 aliphatic carbocycles. The van der Waals surface area contributed by atoms with Crippen LogP contribution in [0.4, 0.5) is 11.8 Å². The van der Waals surface area contributed by atoms with Crippen LogP contribution < -0.4 is 20.9 Å². The molecular weight excluding hydrogens is 416 g/mol. The molecule has 0 bridgehead atoms. The van der Waals surface area contributed by atoms with E-state index in [2.05, 4.69) is 90.7 Å². The Bertz CT molecular complexity index is 1130. The van der Waals surface area contributed by atoms with Crippen molar-refractivity contribution in [3.63, 3.8) is 0 Å². The van der Waals surface area contributed by atoms with Crippen LogP contribution in [-0.2, 0) is 6.54 Å². The summed E-state index contributed by atoms with van der Waals surface area (Å²) in [5.74, 6) is 3.44. The molecule has 4 rings (SSSR count). The van der Waals surface area contributed by atoms with E-state index in [1.807, 2.05) is 18.8 Å². The number of benzene rings is 2. The zero-order valence-electron chi connectivity index (χ0n) is 19.3. The van der Waals surface area contributed by atoms with E-state index in [1.165, 1.54) is 16.0 Å². The number of fused-ring (bicyclic) bond motifs is 2. The van der Waals surface area contributed by atoms with Crippen molar-refractivity contribution in [2.75, 3.05) is 36.1 Å². The molecule has 0 amide bonds. The summed E-state index contributed by atoms with van der Waals surface area (Å²) in [4.78, 5) is 13.6. The summed E-state index contributed by atoms with van der Waals surface area (Å²) in [5.41, 5.74) is 3.27. The lowest BCUT2D eigenvalue weighted by Crippen LogP contribution is -2.46. The lowest BCUT2D eigenvalue weighted by molar-refractivity contribution is 0.440. The molecule has 168 valence electrons. The first-order valence-corrected chi connectivity index (χ1v) is 12.0. The summed E-state index contributed by atoms with van der Waals surface area (Å²) in [6.07, 6.45) is 0. The van der Waals surface area contributed by atoms with Gasteiger partial charge in [0.1, 0.15) is 5.82 Å². The molecule has 0 atom stereocenters. The number of hydrogen-bond acceptors (Lipinski definition) is 7. The Hall–Kier alpha value is -2.93. The van der Waals surface area contributed by atoms with E-state index in [9.17, 15) is 0 Å². The zero-order valence-corrected chi connectivity index (χ0v) is 20.1. The third-order valence-electron chi connectivity index (χ3n) is 5.56. The summed E-state index contributed by atoms with van der Waals surface area (Å²) >= 11 is 1.90. The predicted octanol–water partition coefficient (Wildman–Crippen LogP) is 4.52. The number of nitrogens with zero attached hydrogens (tertiary/aromatic N) is 3. The van der Waals surface area contributed by atoms with Crippen LogP contribution in [0.3, 0.4) is 0 Å². The molecule has 0 spiro atoms. The van der Waals surface area contributed by atoms with E-state index in [-0.39, 0.29) is 5.54 Å². The first-order chi connectivity index (χ1) is 15.3. The van der Waals surface area contributed by atoms with Gasteiger partial charge in [0.2, 0.25) is 5.95 Å². The minimum atomic E-state index is -0.209. The van der Waals surface area contributed by atoms with Gasteiger partial charge in [0, 0.05) is 42.7 Å². The van der Waals surface area contributed by atoms with Crippen molar-refractivity contribution in [1.29, 1.82) is 0 Å². The smallest absolute Gasteiger partial charge is 0.228 e. The summed E-state index contributed by atoms with van der Waals surface area (Å²) in [6, 6.07) is 15.0. The number of nitrogens with one attached hydrogen (secondary N) is 3. The Morgan fingerprint density at radius 3 is 2.81 bits per heavy atom. The number of anilines is 2. The van der Waals surface area contributed by atoms with Crippen LogP contribution in [0.25, 0.3) is 10.9 Å². The SMILES string of the molecule is C=C(NC)NC(C)(C)CNc1nc(N2CCSc3ccccc3C2)nc2ccc(C)cc12. The van der Waals surface area contributed by atoms with Crippen LogP contribution in [-0.4, -0.2) is 41.4 Å². The average molecular weight is 449 g/mol. The van der Waals surface area contributed by atoms with Gasteiger partial charge in [-0.25, -0.2) is 4.98 Å². The molecule has 3 aromatic rings. The molecule has 0 fully saturated rings.